The topological polar surface area (TPSA) is 25.8 Å². The van der Waals surface area contributed by atoms with Gasteiger partial charge in [0, 0.05) is 12.4 Å². The Hall–Kier alpha value is -1.70. The summed E-state index contributed by atoms with van der Waals surface area (Å²) in [7, 11) is 0. The van der Waals surface area contributed by atoms with Crippen LogP contribution in [-0.4, -0.2) is 9.97 Å². The molecule has 2 nitrogen and oxygen atoms in total. The summed E-state index contributed by atoms with van der Waals surface area (Å²) >= 11 is 0. The third-order valence-corrected chi connectivity index (χ3v) is 2.56. The van der Waals surface area contributed by atoms with Crippen LogP contribution in [0.25, 0.3) is 11.4 Å². The molecule has 0 bridgehead atoms. The Morgan fingerprint density at radius 3 is 2.12 bits per heavy atom. The van der Waals surface area contributed by atoms with Crippen LogP contribution in [0.1, 0.15) is 26.3 Å². The third-order valence-electron chi connectivity index (χ3n) is 2.56. The maximum Gasteiger partial charge on any atom is 0.0886 e. The zero-order valence-corrected chi connectivity index (χ0v) is 9.94. The molecule has 0 saturated carbocycles. The summed E-state index contributed by atoms with van der Waals surface area (Å²) in [5.74, 6) is 0. The SMILES string of the molecule is CC(C)(C)c1ccc(-c2ccccn2)nc1. The molecule has 0 unspecified atom stereocenters. The lowest BCUT2D eigenvalue weighted by molar-refractivity contribution is 0.587. The summed E-state index contributed by atoms with van der Waals surface area (Å²) in [4.78, 5) is 8.73. The molecule has 0 aromatic carbocycles. The summed E-state index contributed by atoms with van der Waals surface area (Å²) < 4.78 is 0. The van der Waals surface area contributed by atoms with E-state index in [2.05, 4.69) is 36.8 Å². The highest BCUT2D eigenvalue weighted by atomic mass is 14.8. The van der Waals surface area contributed by atoms with Crippen molar-refractivity contribution in [3.05, 3.63) is 48.3 Å². The minimum Gasteiger partial charge on any atom is -0.255 e. The largest absolute Gasteiger partial charge is 0.255 e. The van der Waals surface area contributed by atoms with Crippen molar-refractivity contribution in [3.63, 3.8) is 0 Å². The van der Waals surface area contributed by atoms with Crippen LogP contribution in [0, 0.1) is 0 Å². The first-order chi connectivity index (χ1) is 7.57. The Labute approximate surface area is 96.4 Å². The van der Waals surface area contributed by atoms with Gasteiger partial charge in [-0.25, -0.2) is 0 Å². The number of hydrogen-bond acceptors (Lipinski definition) is 2. The molecule has 0 saturated heterocycles. The van der Waals surface area contributed by atoms with Gasteiger partial charge in [0.1, 0.15) is 0 Å². The Balaban J connectivity index is 2.34. The van der Waals surface area contributed by atoms with Crippen LogP contribution >= 0.6 is 0 Å². The zero-order valence-electron chi connectivity index (χ0n) is 9.94. The van der Waals surface area contributed by atoms with Gasteiger partial charge in [0.25, 0.3) is 0 Å². The minimum atomic E-state index is 0.148. The van der Waals surface area contributed by atoms with Crippen molar-refractivity contribution in [1.29, 1.82) is 0 Å². The highest BCUT2D eigenvalue weighted by Gasteiger charge is 2.13. The molecule has 0 aliphatic heterocycles. The van der Waals surface area contributed by atoms with Crippen molar-refractivity contribution in [3.8, 4) is 11.4 Å². The molecular formula is C14H16N2. The van der Waals surface area contributed by atoms with Gasteiger partial charge in [0.15, 0.2) is 0 Å². The molecular weight excluding hydrogens is 196 g/mol. The van der Waals surface area contributed by atoms with E-state index in [1.165, 1.54) is 5.56 Å². The van der Waals surface area contributed by atoms with Crippen LogP contribution < -0.4 is 0 Å². The van der Waals surface area contributed by atoms with Gasteiger partial charge in [0.2, 0.25) is 0 Å². The fourth-order valence-corrected chi connectivity index (χ4v) is 1.50. The van der Waals surface area contributed by atoms with Gasteiger partial charge < -0.3 is 0 Å². The maximum absolute atomic E-state index is 4.45. The van der Waals surface area contributed by atoms with Gasteiger partial charge in [-0.15, -0.1) is 0 Å². The Morgan fingerprint density at radius 2 is 1.62 bits per heavy atom. The first kappa shape index (κ1) is 10.8. The second-order valence-corrected chi connectivity index (χ2v) is 4.90. The first-order valence-electron chi connectivity index (χ1n) is 5.45. The van der Waals surface area contributed by atoms with Crippen molar-refractivity contribution in [2.45, 2.75) is 26.2 Å². The van der Waals surface area contributed by atoms with Gasteiger partial charge in [-0.05, 0) is 29.2 Å². The van der Waals surface area contributed by atoms with Crippen molar-refractivity contribution in [2.75, 3.05) is 0 Å². The number of aromatic nitrogens is 2. The fourth-order valence-electron chi connectivity index (χ4n) is 1.50. The van der Waals surface area contributed by atoms with Gasteiger partial charge in [0.05, 0.1) is 11.4 Å². The normalized spacial score (nSPS) is 11.4. The van der Waals surface area contributed by atoms with Crippen LogP contribution in [0.2, 0.25) is 0 Å². The Kier molecular flexibility index (Phi) is 2.73. The second kappa shape index (κ2) is 4.05. The second-order valence-electron chi connectivity index (χ2n) is 4.90. The van der Waals surface area contributed by atoms with E-state index in [-0.39, 0.29) is 5.41 Å². The van der Waals surface area contributed by atoms with E-state index in [1.54, 1.807) is 6.20 Å². The van der Waals surface area contributed by atoms with Crippen molar-refractivity contribution in [1.82, 2.24) is 9.97 Å². The highest BCUT2D eigenvalue weighted by molar-refractivity contribution is 5.53. The van der Waals surface area contributed by atoms with E-state index in [0.29, 0.717) is 0 Å². The predicted molar refractivity (Wildman–Crippen MR) is 66.2 cm³/mol. The molecule has 0 amide bonds. The molecule has 2 heterocycles. The minimum absolute atomic E-state index is 0.148. The van der Waals surface area contributed by atoms with Gasteiger partial charge >= 0.3 is 0 Å². The summed E-state index contributed by atoms with van der Waals surface area (Å²) in [5.41, 5.74) is 3.24. The molecule has 2 aromatic rings. The van der Waals surface area contributed by atoms with Gasteiger partial charge in [-0.3, -0.25) is 9.97 Å². The zero-order chi connectivity index (χ0) is 11.6. The molecule has 2 rings (SSSR count). The molecule has 2 aromatic heterocycles. The lowest BCUT2D eigenvalue weighted by Gasteiger charge is -2.18. The summed E-state index contributed by atoms with van der Waals surface area (Å²) in [5, 5.41) is 0. The van der Waals surface area contributed by atoms with Gasteiger partial charge in [-0.2, -0.15) is 0 Å². The molecule has 0 atom stereocenters. The molecule has 16 heavy (non-hydrogen) atoms. The molecule has 82 valence electrons. The van der Waals surface area contributed by atoms with Gasteiger partial charge in [-0.1, -0.05) is 32.9 Å². The van der Waals surface area contributed by atoms with Crippen LogP contribution in [0.5, 0.6) is 0 Å². The highest BCUT2D eigenvalue weighted by Crippen LogP contribution is 2.23. The molecule has 0 N–H and O–H groups in total. The van der Waals surface area contributed by atoms with Crippen molar-refractivity contribution >= 4 is 0 Å². The van der Waals surface area contributed by atoms with Crippen LogP contribution in [0.3, 0.4) is 0 Å². The lowest BCUT2D eigenvalue weighted by atomic mass is 9.88. The molecule has 0 spiro atoms. The van der Waals surface area contributed by atoms with E-state index in [1.807, 2.05) is 30.5 Å². The third kappa shape index (κ3) is 2.27. The van der Waals surface area contributed by atoms with E-state index in [0.717, 1.165) is 11.4 Å². The molecule has 0 aliphatic rings. The first-order valence-corrected chi connectivity index (χ1v) is 5.45. The quantitative estimate of drug-likeness (QED) is 0.723. The summed E-state index contributed by atoms with van der Waals surface area (Å²) in [6.45, 7) is 6.55. The summed E-state index contributed by atoms with van der Waals surface area (Å²) in [6, 6.07) is 10.0. The van der Waals surface area contributed by atoms with E-state index >= 15 is 0 Å². The van der Waals surface area contributed by atoms with E-state index < -0.39 is 0 Å². The molecule has 2 heteroatoms. The number of pyridine rings is 2. The maximum atomic E-state index is 4.45. The average molecular weight is 212 g/mol. The van der Waals surface area contributed by atoms with Crippen LogP contribution in [0.4, 0.5) is 0 Å². The molecule has 0 aliphatic carbocycles. The van der Waals surface area contributed by atoms with Crippen molar-refractivity contribution < 1.29 is 0 Å². The predicted octanol–water partition coefficient (Wildman–Crippen LogP) is 3.44. The van der Waals surface area contributed by atoms with Crippen LogP contribution in [-0.2, 0) is 5.41 Å². The number of hydrogen-bond donors (Lipinski definition) is 0. The monoisotopic (exact) mass is 212 g/mol. The number of nitrogens with zero attached hydrogens (tertiary/aromatic N) is 2. The smallest absolute Gasteiger partial charge is 0.0886 e. The average Bonchev–Trinajstić information content (AvgIpc) is 2.29. The lowest BCUT2D eigenvalue weighted by Crippen LogP contribution is -2.11. The Morgan fingerprint density at radius 1 is 0.875 bits per heavy atom. The molecule has 0 fully saturated rings. The molecule has 0 radical (unpaired) electrons. The van der Waals surface area contributed by atoms with Crippen LogP contribution in [0.15, 0.2) is 42.7 Å². The fraction of sp³-hybridized carbons (Fsp3) is 0.286. The Bertz CT molecular complexity index is 452. The van der Waals surface area contributed by atoms with E-state index in [4.69, 9.17) is 0 Å². The summed E-state index contributed by atoms with van der Waals surface area (Å²) in [6.07, 6.45) is 3.72. The standard InChI is InChI=1S/C14H16N2/c1-14(2,3)11-7-8-13(16-10-11)12-6-4-5-9-15-12/h4-10H,1-3H3. The van der Waals surface area contributed by atoms with Crippen molar-refractivity contribution in [2.24, 2.45) is 0 Å². The number of rotatable bonds is 1. The van der Waals surface area contributed by atoms with E-state index in [9.17, 15) is 0 Å².